The first-order valence-corrected chi connectivity index (χ1v) is 5.98. The van der Waals surface area contributed by atoms with Crippen molar-refractivity contribution in [3.8, 4) is 0 Å². The molecule has 9 heteroatoms. The highest BCUT2D eigenvalue weighted by Crippen LogP contribution is 2.10. The zero-order valence-electron chi connectivity index (χ0n) is 10.9. The molecule has 2 N–H and O–H groups in total. The van der Waals surface area contributed by atoms with Crippen LogP contribution >= 0.6 is 0 Å². The molecule has 1 atom stereocenters. The molecule has 3 heterocycles. The van der Waals surface area contributed by atoms with Crippen LogP contribution in [0.25, 0.3) is 5.78 Å². The van der Waals surface area contributed by atoms with Crippen LogP contribution in [0, 0.1) is 6.92 Å². The highest BCUT2D eigenvalue weighted by Gasteiger charge is 2.17. The second-order valence-corrected chi connectivity index (χ2v) is 4.29. The fraction of sp³-hybridized carbons (Fsp3) is 0.273. The Kier molecular flexibility index (Phi) is 2.86. The van der Waals surface area contributed by atoms with Crippen molar-refractivity contribution in [1.82, 2.24) is 40.1 Å². The normalized spacial score (nSPS) is 12.5. The number of carbonyl (C=O) groups excluding carboxylic acids is 1. The van der Waals surface area contributed by atoms with Crippen LogP contribution in [-0.4, -0.2) is 40.7 Å². The largest absolute Gasteiger partial charge is 0.342 e. The van der Waals surface area contributed by atoms with Crippen molar-refractivity contribution in [2.24, 2.45) is 0 Å². The summed E-state index contributed by atoms with van der Waals surface area (Å²) < 4.78 is 1.52. The van der Waals surface area contributed by atoms with E-state index < -0.39 is 0 Å². The third-order valence-electron chi connectivity index (χ3n) is 2.98. The SMILES string of the molecule is Cc1c(C(=O)NC(C)c2ncn[nH]2)cnc2ncnn12. The summed E-state index contributed by atoms with van der Waals surface area (Å²) in [5.41, 5.74) is 1.11. The summed E-state index contributed by atoms with van der Waals surface area (Å²) in [5.74, 6) is 0.796. The molecule has 3 rings (SSSR count). The van der Waals surface area contributed by atoms with E-state index >= 15 is 0 Å². The Balaban J connectivity index is 1.87. The highest BCUT2D eigenvalue weighted by atomic mass is 16.1. The molecule has 0 aliphatic heterocycles. The van der Waals surface area contributed by atoms with Gasteiger partial charge < -0.3 is 5.32 Å². The lowest BCUT2D eigenvalue weighted by molar-refractivity contribution is 0.0936. The van der Waals surface area contributed by atoms with Gasteiger partial charge in [0.1, 0.15) is 18.5 Å². The van der Waals surface area contributed by atoms with E-state index in [2.05, 4.69) is 35.6 Å². The van der Waals surface area contributed by atoms with Gasteiger partial charge in [0.15, 0.2) is 0 Å². The van der Waals surface area contributed by atoms with Gasteiger partial charge in [-0.2, -0.15) is 15.2 Å². The predicted octanol–water partition coefficient (Wildman–Crippen LogP) is 0.0418. The number of carbonyl (C=O) groups is 1. The first-order valence-electron chi connectivity index (χ1n) is 5.98. The molecule has 0 saturated heterocycles. The summed E-state index contributed by atoms with van der Waals surface area (Å²) >= 11 is 0. The Bertz CT molecular complexity index is 747. The number of amides is 1. The van der Waals surface area contributed by atoms with Crippen LogP contribution in [0.1, 0.15) is 34.8 Å². The van der Waals surface area contributed by atoms with Gasteiger partial charge in [-0.1, -0.05) is 0 Å². The Morgan fingerprint density at radius 2 is 2.20 bits per heavy atom. The molecular formula is C11H12N8O. The van der Waals surface area contributed by atoms with Crippen molar-refractivity contribution >= 4 is 11.7 Å². The molecule has 3 aromatic rings. The summed E-state index contributed by atoms with van der Waals surface area (Å²) in [6.45, 7) is 3.60. The molecule has 0 aliphatic carbocycles. The van der Waals surface area contributed by atoms with E-state index in [1.54, 1.807) is 6.92 Å². The van der Waals surface area contributed by atoms with Crippen molar-refractivity contribution in [2.45, 2.75) is 19.9 Å². The number of aromatic amines is 1. The highest BCUT2D eigenvalue weighted by molar-refractivity contribution is 5.95. The third kappa shape index (κ3) is 1.98. The number of nitrogens with zero attached hydrogens (tertiary/aromatic N) is 6. The number of rotatable bonds is 3. The standard InChI is InChI=1S/C11H12N8O/c1-6(9-13-4-15-18-9)17-10(20)8-3-12-11-14-5-16-19(11)7(8)2/h3-6H,1-2H3,(H,17,20)(H,13,15,18). The second-order valence-electron chi connectivity index (χ2n) is 4.29. The third-order valence-corrected chi connectivity index (χ3v) is 2.98. The molecule has 0 spiro atoms. The Hall–Kier alpha value is -2.84. The molecule has 0 aliphatic rings. The lowest BCUT2D eigenvalue weighted by atomic mass is 10.2. The van der Waals surface area contributed by atoms with E-state index in [9.17, 15) is 4.79 Å². The van der Waals surface area contributed by atoms with E-state index in [-0.39, 0.29) is 11.9 Å². The molecule has 102 valence electrons. The van der Waals surface area contributed by atoms with Gasteiger partial charge in [-0.15, -0.1) is 0 Å². The van der Waals surface area contributed by atoms with Gasteiger partial charge in [0.2, 0.25) is 0 Å². The minimum Gasteiger partial charge on any atom is -0.342 e. The van der Waals surface area contributed by atoms with Crippen molar-refractivity contribution in [2.75, 3.05) is 0 Å². The summed E-state index contributed by atoms with van der Waals surface area (Å²) in [7, 11) is 0. The Morgan fingerprint density at radius 1 is 1.35 bits per heavy atom. The van der Waals surface area contributed by atoms with Crippen molar-refractivity contribution < 1.29 is 4.79 Å². The van der Waals surface area contributed by atoms with Gasteiger partial charge in [0.25, 0.3) is 11.7 Å². The smallest absolute Gasteiger partial charge is 0.255 e. The Labute approximate surface area is 113 Å². The first kappa shape index (κ1) is 12.2. The van der Waals surface area contributed by atoms with Gasteiger partial charge in [-0.25, -0.2) is 14.5 Å². The van der Waals surface area contributed by atoms with Crippen LogP contribution in [0.3, 0.4) is 0 Å². The lowest BCUT2D eigenvalue weighted by Gasteiger charge is -2.12. The molecule has 1 amide bonds. The topological polar surface area (TPSA) is 114 Å². The maximum atomic E-state index is 12.3. The molecule has 0 fully saturated rings. The minimum atomic E-state index is -0.282. The van der Waals surface area contributed by atoms with Crippen molar-refractivity contribution in [3.05, 3.63) is 35.9 Å². The molecule has 0 saturated carbocycles. The van der Waals surface area contributed by atoms with Gasteiger partial charge in [0.05, 0.1) is 17.3 Å². The van der Waals surface area contributed by atoms with Gasteiger partial charge >= 0.3 is 0 Å². The van der Waals surface area contributed by atoms with Crippen LogP contribution < -0.4 is 5.32 Å². The first-order chi connectivity index (χ1) is 9.66. The summed E-state index contributed by atoms with van der Waals surface area (Å²) in [4.78, 5) is 24.3. The lowest BCUT2D eigenvalue weighted by Crippen LogP contribution is -2.28. The zero-order chi connectivity index (χ0) is 14.1. The number of fused-ring (bicyclic) bond motifs is 1. The molecular weight excluding hydrogens is 260 g/mol. The molecule has 20 heavy (non-hydrogen) atoms. The number of H-pyrrole nitrogens is 1. The van der Waals surface area contributed by atoms with Gasteiger partial charge in [-0.05, 0) is 13.8 Å². The molecule has 1 unspecified atom stereocenters. The van der Waals surface area contributed by atoms with Crippen molar-refractivity contribution in [1.29, 1.82) is 0 Å². The van der Waals surface area contributed by atoms with Crippen LogP contribution in [0.15, 0.2) is 18.9 Å². The summed E-state index contributed by atoms with van der Waals surface area (Å²) in [5, 5.41) is 13.3. The maximum absolute atomic E-state index is 12.3. The number of aromatic nitrogens is 7. The summed E-state index contributed by atoms with van der Waals surface area (Å²) in [6.07, 6.45) is 4.28. The molecule has 0 aromatic carbocycles. The van der Waals surface area contributed by atoms with E-state index in [4.69, 9.17) is 0 Å². The van der Waals surface area contributed by atoms with E-state index in [0.717, 1.165) is 0 Å². The number of hydrogen-bond donors (Lipinski definition) is 2. The molecule has 0 radical (unpaired) electrons. The van der Waals surface area contributed by atoms with Crippen molar-refractivity contribution in [3.63, 3.8) is 0 Å². The number of nitrogens with one attached hydrogen (secondary N) is 2. The maximum Gasteiger partial charge on any atom is 0.255 e. The minimum absolute atomic E-state index is 0.253. The average molecular weight is 272 g/mol. The fourth-order valence-corrected chi connectivity index (χ4v) is 1.88. The predicted molar refractivity (Wildman–Crippen MR) is 67.8 cm³/mol. The van der Waals surface area contributed by atoms with E-state index in [1.807, 2.05) is 6.92 Å². The van der Waals surface area contributed by atoms with Crippen LogP contribution in [0.2, 0.25) is 0 Å². The van der Waals surface area contributed by atoms with Gasteiger partial charge in [0, 0.05) is 6.20 Å². The Morgan fingerprint density at radius 3 is 2.95 bits per heavy atom. The number of hydrogen-bond acceptors (Lipinski definition) is 6. The fourth-order valence-electron chi connectivity index (χ4n) is 1.88. The van der Waals surface area contributed by atoms with E-state index in [1.165, 1.54) is 23.4 Å². The second kappa shape index (κ2) is 4.68. The molecule has 3 aromatic heterocycles. The quantitative estimate of drug-likeness (QED) is 0.696. The van der Waals surface area contributed by atoms with Gasteiger partial charge in [-0.3, -0.25) is 9.89 Å². The molecule has 9 nitrogen and oxygen atoms in total. The summed E-state index contributed by atoms with van der Waals surface area (Å²) in [6, 6.07) is -0.282. The number of aryl methyl sites for hydroxylation is 1. The van der Waals surface area contributed by atoms with Crippen LogP contribution in [0.4, 0.5) is 0 Å². The monoisotopic (exact) mass is 272 g/mol. The molecule has 0 bridgehead atoms. The van der Waals surface area contributed by atoms with Crippen LogP contribution in [-0.2, 0) is 0 Å². The van der Waals surface area contributed by atoms with E-state index in [0.29, 0.717) is 22.9 Å². The zero-order valence-corrected chi connectivity index (χ0v) is 10.9. The van der Waals surface area contributed by atoms with Crippen LogP contribution in [0.5, 0.6) is 0 Å². The average Bonchev–Trinajstić information content (AvgIpc) is 3.10.